The van der Waals surface area contributed by atoms with E-state index in [2.05, 4.69) is 29.4 Å². The number of nitrogens with one attached hydrogen (secondary N) is 2. The Morgan fingerprint density at radius 3 is 1.71 bits per heavy atom. The third kappa shape index (κ3) is 3.60. The zero-order valence-electron chi connectivity index (χ0n) is 12.5. The third-order valence-corrected chi connectivity index (χ3v) is 3.38. The van der Waals surface area contributed by atoms with E-state index in [9.17, 15) is 43.9 Å². The van der Waals surface area contributed by atoms with E-state index < -0.39 is 73.1 Å². The molecule has 0 bridgehead atoms. The van der Waals surface area contributed by atoms with Gasteiger partial charge in [-0.3, -0.25) is 0 Å². The highest BCUT2D eigenvalue weighted by Crippen LogP contribution is 2.43. The molecule has 0 aliphatic rings. The second-order valence-corrected chi connectivity index (χ2v) is 5.48. The molecule has 0 unspecified atom stereocenters. The van der Waals surface area contributed by atoms with Crippen molar-refractivity contribution in [3.05, 3.63) is 50.5 Å². The molecule has 16 heteroatoms. The lowest BCUT2D eigenvalue weighted by atomic mass is 10.2. The number of hydrogen-bond acceptors (Lipinski definition) is 4. The molecule has 0 atom stereocenters. The fourth-order valence-electron chi connectivity index (χ4n) is 1.87. The summed E-state index contributed by atoms with van der Waals surface area (Å²) in [5.41, 5.74) is -2.49. The summed E-state index contributed by atoms with van der Waals surface area (Å²) in [6.45, 7) is 0. The van der Waals surface area contributed by atoms with Crippen LogP contribution in [0.25, 0.3) is 0 Å². The molecule has 0 radical (unpaired) electrons. The molecule has 4 nitrogen and oxygen atoms in total. The van der Waals surface area contributed by atoms with Gasteiger partial charge in [0.05, 0.1) is 0 Å². The summed E-state index contributed by atoms with van der Waals surface area (Å²) in [5, 5.41) is 0. The molecule has 0 aliphatic carbocycles. The largest absolute Gasteiger partial charge is 0.390 e. The van der Waals surface area contributed by atoms with E-state index in [-0.39, 0.29) is 0 Å². The summed E-state index contributed by atoms with van der Waals surface area (Å²) < 4.78 is 133. The highest BCUT2D eigenvalue weighted by Gasteiger charge is 2.51. The van der Waals surface area contributed by atoms with Crippen LogP contribution in [0, 0.1) is 38.6 Å². The Morgan fingerprint density at radius 2 is 1.29 bits per heavy atom. The molecule has 152 valence electrons. The van der Waals surface area contributed by atoms with E-state index in [0.29, 0.717) is 0 Å². The lowest BCUT2D eigenvalue weighted by Gasteiger charge is -2.30. The van der Waals surface area contributed by atoms with Gasteiger partial charge in [0.1, 0.15) is 5.69 Å². The number of H-pyrrole nitrogens is 2. The Balaban J connectivity index is 3.03. The first-order chi connectivity index (χ1) is 12.8. The minimum Gasteiger partial charge on any atom is -0.308 e. The van der Waals surface area contributed by atoms with Crippen molar-refractivity contribution in [3.8, 4) is 0 Å². The number of halogens is 10. The molecule has 1 aromatic heterocycles. The number of aromatic nitrogens is 3. The smallest absolute Gasteiger partial charge is 0.308 e. The first kappa shape index (κ1) is 21.8. The Hall–Kier alpha value is -2.49. The van der Waals surface area contributed by atoms with Gasteiger partial charge in [-0.25, -0.2) is 26.9 Å². The van der Waals surface area contributed by atoms with Crippen molar-refractivity contribution in [3.63, 3.8) is 0 Å². The van der Waals surface area contributed by atoms with Gasteiger partial charge in [0.25, 0.3) is 5.83 Å². The first-order valence-corrected chi connectivity index (χ1v) is 7.23. The minimum absolute atomic E-state index is 0.676. The number of anilines is 2. The second kappa shape index (κ2) is 7.50. The summed E-state index contributed by atoms with van der Waals surface area (Å²) in [7, 11) is 0. The van der Waals surface area contributed by atoms with Gasteiger partial charge in [-0.15, -0.1) is 0 Å². The SMILES string of the molecule is FC(F)=C(F)C(F)(F)N(c1nc(=S)[nH]c(=S)[nH]1)c1c(F)c(F)c(F)c(F)c1F. The number of rotatable bonds is 4. The molecule has 0 saturated heterocycles. The van der Waals surface area contributed by atoms with Crippen molar-refractivity contribution in [2.24, 2.45) is 0 Å². The molecule has 2 aromatic rings. The first-order valence-electron chi connectivity index (χ1n) is 6.42. The zero-order valence-corrected chi connectivity index (χ0v) is 14.1. The Kier molecular flexibility index (Phi) is 5.84. The second-order valence-electron chi connectivity index (χ2n) is 4.69. The van der Waals surface area contributed by atoms with E-state index in [1.54, 1.807) is 4.98 Å². The number of aromatic amines is 2. The Morgan fingerprint density at radius 1 is 0.821 bits per heavy atom. The van der Waals surface area contributed by atoms with E-state index in [0.717, 1.165) is 0 Å². The fraction of sp³-hybridized carbons (Fsp3) is 0.0833. The van der Waals surface area contributed by atoms with E-state index in [1.165, 1.54) is 0 Å². The average molecular weight is 456 g/mol. The van der Waals surface area contributed by atoms with Gasteiger partial charge in [-0.05, 0) is 24.4 Å². The summed E-state index contributed by atoms with van der Waals surface area (Å²) in [6.07, 6.45) is -3.64. The highest BCUT2D eigenvalue weighted by molar-refractivity contribution is 7.71. The third-order valence-electron chi connectivity index (χ3n) is 2.99. The molecule has 0 fully saturated rings. The summed E-state index contributed by atoms with van der Waals surface area (Å²) >= 11 is 8.96. The normalized spacial score (nSPS) is 11.5. The Bertz CT molecular complexity index is 1030. The van der Waals surface area contributed by atoms with Crippen LogP contribution in [0.5, 0.6) is 0 Å². The van der Waals surface area contributed by atoms with Crippen molar-refractivity contribution in [2.45, 2.75) is 6.05 Å². The van der Waals surface area contributed by atoms with Crippen LogP contribution in [0.3, 0.4) is 0 Å². The molecule has 0 spiro atoms. The van der Waals surface area contributed by atoms with Crippen molar-refractivity contribution in [1.29, 1.82) is 0 Å². The van der Waals surface area contributed by atoms with Crippen LogP contribution in [0.1, 0.15) is 0 Å². The maximum atomic E-state index is 14.3. The van der Waals surface area contributed by atoms with Gasteiger partial charge in [0.2, 0.25) is 16.5 Å². The van der Waals surface area contributed by atoms with Gasteiger partial charge < -0.3 is 9.97 Å². The van der Waals surface area contributed by atoms with Crippen LogP contribution in [0.2, 0.25) is 0 Å². The molecule has 1 heterocycles. The molecule has 1 aromatic carbocycles. The predicted octanol–water partition coefficient (Wildman–Crippen LogP) is 5.70. The van der Waals surface area contributed by atoms with E-state index in [4.69, 9.17) is 0 Å². The maximum Gasteiger partial charge on any atom is 0.390 e. The summed E-state index contributed by atoms with van der Waals surface area (Å²) in [5.74, 6) is -19.1. The average Bonchev–Trinajstić information content (AvgIpc) is 2.59. The lowest BCUT2D eigenvalue weighted by Crippen LogP contribution is -2.42. The van der Waals surface area contributed by atoms with Gasteiger partial charge in [-0.2, -0.15) is 26.9 Å². The van der Waals surface area contributed by atoms with Crippen LogP contribution >= 0.6 is 24.4 Å². The molecule has 28 heavy (non-hydrogen) atoms. The van der Waals surface area contributed by atoms with Crippen LogP contribution in [-0.2, 0) is 0 Å². The van der Waals surface area contributed by atoms with Gasteiger partial charge in [-0.1, -0.05) is 0 Å². The van der Waals surface area contributed by atoms with Crippen LogP contribution in [0.4, 0.5) is 55.5 Å². The molecular weight excluding hydrogens is 454 g/mol. The van der Waals surface area contributed by atoms with Crippen molar-refractivity contribution >= 4 is 36.1 Å². The van der Waals surface area contributed by atoms with Crippen molar-refractivity contribution in [1.82, 2.24) is 15.0 Å². The van der Waals surface area contributed by atoms with Crippen LogP contribution in [-0.4, -0.2) is 21.0 Å². The number of hydrogen-bond donors (Lipinski definition) is 2. The zero-order chi connectivity index (χ0) is 21.5. The summed E-state index contributed by atoms with van der Waals surface area (Å²) in [6, 6.07) is -5.69. The lowest BCUT2D eigenvalue weighted by molar-refractivity contribution is 0.0151. The van der Waals surface area contributed by atoms with Crippen LogP contribution in [0.15, 0.2) is 11.9 Å². The van der Waals surface area contributed by atoms with E-state index >= 15 is 0 Å². The molecule has 2 rings (SSSR count). The highest BCUT2D eigenvalue weighted by atomic mass is 32.1. The predicted molar refractivity (Wildman–Crippen MR) is 78.3 cm³/mol. The number of alkyl halides is 2. The monoisotopic (exact) mass is 456 g/mol. The van der Waals surface area contributed by atoms with Gasteiger partial charge in [0.15, 0.2) is 28.0 Å². The minimum atomic E-state index is -5.69. The summed E-state index contributed by atoms with van der Waals surface area (Å²) in [4.78, 5) is 5.44. The molecular formula is C12H2F10N4S2. The van der Waals surface area contributed by atoms with Crippen molar-refractivity contribution in [2.75, 3.05) is 4.90 Å². The quantitative estimate of drug-likeness (QED) is 0.204. The molecule has 0 saturated carbocycles. The topological polar surface area (TPSA) is 47.7 Å². The van der Waals surface area contributed by atoms with Gasteiger partial charge >= 0.3 is 12.1 Å². The number of nitrogens with zero attached hydrogens (tertiary/aromatic N) is 2. The maximum absolute atomic E-state index is 14.3. The molecule has 0 amide bonds. The van der Waals surface area contributed by atoms with Gasteiger partial charge in [0, 0.05) is 0 Å². The standard InChI is InChI=1S/C12H2F10N4S2/c13-1-2(14)4(16)6(5(17)3(1)15)26(12(21,22)7(18)8(19)20)9-23-10(27)25-11(28)24-9/h(H2,23,24,25,27,28). The van der Waals surface area contributed by atoms with Crippen LogP contribution < -0.4 is 4.90 Å². The van der Waals surface area contributed by atoms with E-state index in [1.807, 2.05) is 4.98 Å². The fourth-order valence-corrected chi connectivity index (χ4v) is 2.31. The van der Waals surface area contributed by atoms with Crippen molar-refractivity contribution < 1.29 is 43.9 Å². The molecule has 2 N–H and O–H groups in total. The number of benzene rings is 1. The Labute approximate surface area is 157 Å². The molecule has 0 aliphatic heterocycles.